The first-order valence-corrected chi connectivity index (χ1v) is 4.83. The highest BCUT2D eigenvalue weighted by molar-refractivity contribution is 5.75. The lowest BCUT2D eigenvalue weighted by atomic mass is 10.2. The number of pyridine rings is 2. The quantitative estimate of drug-likeness (QED) is 0.638. The van der Waals surface area contributed by atoms with Crippen LogP contribution in [0.5, 0.6) is 0 Å². The molecule has 5 heteroatoms. The molecule has 0 radical (unpaired) electrons. The van der Waals surface area contributed by atoms with Crippen LogP contribution < -0.4 is 5.56 Å². The van der Waals surface area contributed by atoms with Crippen LogP contribution in [0.4, 0.5) is 0 Å². The van der Waals surface area contributed by atoms with Gasteiger partial charge < -0.3 is 9.97 Å². The molecular weight excluding hydrogens is 204 g/mol. The summed E-state index contributed by atoms with van der Waals surface area (Å²) >= 11 is 0. The summed E-state index contributed by atoms with van der Waals surface area (Å²) in [5.74, 6) is 0.653. The zero-order valence-corrected chi connectivity index (χ0v) is 8.27. The zero-order chi connectivity index (χ0) is 11.0. The van der Waals surface area contributed by atoms with Crippen LogP contribution in [0.1, 0.15) is 0 Å². The van der Waals surface area contributed by atoms with Crippen molar-refractivity contribution in [1.82, 2.24) is 19.9 Å². The van der Waals surface area contributed by atoms with E-state index < -0.39 is 0 Å². The molecular formula is C11H8N4O. The van der Waals surface area contributed by atoms with Gasteiger partial charge in [-0.1, -0.05) is 0 Å². The lowest BCUT2D eigenvalue weighted by Gasteiger charge is -1.92. The third-order valence-electron chi connectivity index (χ3n) is 2.31. The van der Waals surface area contributed by atoms with Crippen LogP contribution >= 0.6 is 0 Å². The Bertz CT molecular complexity index is 665. The first-order chi connectivity index (χ1) is 7.83. The molecule has 0 atom stereocenters. The van der Waals surface area contributed by atoms with Crippen molar-refractivity contribution < 1.29 is 0 Å². The van der Waals surface area contributed by atoms with Gasteiger partial charge in [0.25, 0.3) is 0 Å². The molecule has 5 nitrogen and oxygen atoms in total. The van der Waals surface area contributed by atoms with Gasteiger partial charge in [-0.15, -0.1) is 0 Å². The van der Waals surface area contributed by atoms with E-state index in [1.165, 1.54) is 6.07 Å². The van der Waals surface area contributed by atoms with Gasteiger partial charge in [0.2, 0.25) is 5.56 Å². The van der Waals surface area contributed by atoms with Crippen molar-refractivity contribution in [2.24, 2.45) is 0 Å². The minimum absolute atomic E-state index is 0.147. The maximum atomic E-state index is 11.2. The minimum Gasteiger partial charge on any atom is -0.337 e. The van der Waals surface area contributed by atoms with Crippen LogP contribution in [0.25, 0.3) is 22.6 Å². The van der Waals surface area contributed by atoms with Gasteiger partial charge >= 0.3 is 0 Å². The molecule has 2 N–H and O–H groups in total. The van der Waals surface area contributed by atoms with Crippen LogP contribution in [-0.2, 0) is 0 Å². The molecule has 0 saturated heterocycles. The minimum atomic E-state index is -0.147. The Balaban J connectivity index is 2.23. The van der Waals surface area contributed by atoms with E-state index in [-0.39, 0.29) is 5.56 Å². The first-order valence-electron chi connectivity index (χ1n) is 4.83. The largest absolute Gasteiger partial charge is 0.337 e. The van der Waals surface area contributed by atoms with Crippen molar-refractivity contribution in [3.8, 4) is 11.4 Å². The summed E-state index contributed by atoms with van der Waals surface area (Å²) < 4.78 is 0. The van der Waals surface area contributed by atoms with Crippen molar-refractivity contribution in [1.29, 1.82) is 0 Å². The van der Waals surface area contributed by atoms with Crippen molar-refractivity contribution in [3.05, 3.63) is 47.0 Å². The predicted octanol–water partition coefficient (Wildman–Crippen LogP) is 1.31. The van der Waals surface area contributed by atoms with E-state index in [9.17, 15) is 4.79 Å². The average Bonchev–Trinajstić information content (AvgIpc) is 2.72. The molecule has 0 bridgehead atoms. The Hall–Kier alpha value is -2.43. The van der Waals surface area contributed by atoms with Crippen LogP contribution in [0.2, 0.25) is 0 Å². The predicted molar refractivity (Wildman–Crippen MR) is 59.9 cm³/mol. The average molecular weight is 212 g/mol. The molecule has 0 aliphatic rings. The number of nitrogens with zero attached hydrogens (tertiary/aromatic N) is 2. The fourth-order valence-corrected chi connectivity index (χ4v) is 1.57. The number of aromatic nitrogens is 4. The Morgan fingerprint density at radius 2 is 2.19 bits per heavy atom. The molecule has 0 aliphatic heterocycles. The Morgan fingerprint density at radius 1 is 1.25 bits per heavy atom. The number of imidazole rings is 1. The molecule has 0 aromatic carbocycles. The van der Waals surface area contributed by atoms with E-state index in [2.05, 4.69) is 19.9 Å². The smallest absolute Gasteiger partial charge is 0.248 e. The molecule has 16 heavy (non-hydrogen) atoms. The summed E-state index contributed by atoms with van der Waals surface area (Å²) in [6.45, 7) is 0. The normalized spacial score (nSPS) is 10.8. The first kappa shape index (κ1) is 8.84. The van der Waals surface area contributed by atoms with E-state index in [0.717, 1.165) is 11.1 Å². The Morgan fingerprint density at radius 3 is 3.00 bits per heavy atom. The Kier molecular flexibility index (Phi) is 1.83. The highest BCUT2D eigenvalue weighted by Crippen LogP contribution is 2.16. The molecule has 3 heterocycles. The molecule has 0 aliphatic carbocycles. The highest BCUT2D eigenvalue weighted by Gasteiger charge is 2.05. The van der Waals surface area contributed by atoms with Crippen LogP contribution in [0.3, 0.4) is 0 Å². The third kappa shape index (κ3) is 1.38. The second-order valence-corrected chi connectivity index (χ2v) is 3.40. The second-order valence-electron chi connectivity index (χ2n) is 3.40. The fraction of sp³-hybridized carbons (Fsp3) is 0. The Labute approximate surface area is 90.2 Å². The van der Waals surface area contributed by atoms with Crippen LogP contribution in [-0.4, -0.2) is 19.9 Å². The number of nitrogens with one attached hydrogen (secondary N) is 2. The molecule has 0 fully saturated rings. The molecule has 0 saturated carbocycles. The summed E-state index contributed by atoms with van der Waals surface area (Å²) in [4.78, 5) is 25.3. The van der Waals surface area contributed by atoms with Gasteiger partial charge in [-0.05, 0) is 18.2 Å². The zero-order valence-electron chi connectivity index (χ0n) is 8.27. The second kappa shape index (κ2) is 3.30. The van der Waals surface area contributed by atoms with E-state index in [1.54, 1.807) is 18.5 Å². The molecule has 3 aromatic heterocycles. The molecule has 3 rings (SSSR count). The molecule has 0 amide bonds. The summed E-state index contributed by atoms with van der Waals surface area (Å²) in [5, 5.41) is 0. The number of hydrogen-bond acceptors (Lipinski definition) is 3. The van der Waals surface area contributed by atoms with Gasteiger partial charge in [0.1, 0.15) is 5.82 Å². The lowest BCUT2D eigenvalue weighted by Crippen LogP contribution is -2.02. The van der Waals surface area contributed by atoms with E-state index >= 15 is 0 Å². The number of fused-ring (bicyclic) bond motifs is 1. The standard InChI is InChI=1S/C11H8N4O/c16-9-6-7(3-5-12-9)10-14-8-2-1-4-13-11(8)15-10/h1-6H,(H,12,16)(H,13,14,15). The van der Waals surface area contributed by atoms with Crippen molar-refractivity contribution in [3.63, 3.8) is 0 Å². The topological polar surface area (TPSA) is 74.4 Å². The SMILES string of the molecule is O=c1cc(-c2nc3ncccc3[nH]2)cc[nH]1. The molecule has 0 unspecified atom stereocenters. The molecule has 78 valence electrons. The highest BCUT2D eigenvalue weighted by atomic mass is 16.1. The van der Waals surface area contributed by atoms with Gasteiger partial charge in [-0.3, -0.25) is 4.79 Å². The van der Waals surface area contributed by atoms with E-state index in [0.29, 0.717) is 11.5 Å². The van der Waals surface area contributed by atoms with Crippen molar-refractivity contribution in [2.45, 2.75) is 0 Å². The van der Waals surface area contributed by atoms with Gasteiger partial charge in [0.15, 0.2) is 5.65 Å². The summed E-state index contributed by atoms with van der Waals surface area (Å²) in [6.07, 6.45) is 3.28. The third-order valence-corrected chi connectivity index (χ3v) is 2.31. The lowest BCUT2D eigenvalue weighted by molar-refractivity contribution is 1.22. The van der Waals surface area contributed by atoms with Gasteiger partial charge in [-0.25, -0.2) is 9.97 Å². The van der Waals surface area contributed by atoms with Crippen molar-refractivity contribution in [2.75, 3.05) is 0 Å². The monoisotopic (exact) mass is 212 g/mol. The maximum Gasteiger partial charge on any atom is 0.248 e. The molecule has 3 aromatic rings. The van der Waals surface area contributed by atoms with Crippen LogP contribution in [0.15, 0.2) is 41.5 Å². The number of rotatable bonds is 1. The fourth-order valence-electron chi connectivity index (χ4n) is 1.57. The van der Waals surface area contributed by atoms with Gasteiger partial charge in [0.05, 0.1) is 5.52 Å². The van der Waals surface area contributed by atoms with Crippen molar-refractivity contribution >= 4 is 11.2 Å². The number of H-pyrrole nitrogens is 2. The van der Waals surface area contributed by atoms with E-state index in [1.807, 2.05) is 12.1 Å². The number of hydrogen-bond donors (Lipinski definition) is 2. The maximum absolute atomic E-state index is 11.2. The molecule has 0 spiro atoms. The van der Waals surface area contributed by atoms with Gasteiger partial charge in [0, 0.05) is 24.0 Å². The summed E-state index contributed by atoms with van der Waals surface area (Å²) in [7, 11) is 0. The summed E-state index contributed by atoms with van der Waals surface area (Å²) in [5.41, 5.74) is 2.11. The van der Waals surface area contributed by atoms with Crippen LogP contribution in [0, 0.1) is 0 Å². The van der Waals surface area contributed by atoms with E-state index in [4.69, 9.17) is 0 Å². The van der Waals surface area contributed by atoms with Gasteiger partial charge in [-0.2, -0.15) is 0 Å². The summed E-state index contributed by atoms with van der Waals surface area (Å²) in [6, 6.07) is 7.02. The number of aromatic amines is 2.